The topological polar surface area (TPSA) is 54.3 Å². The molecule has 1 amide bonds. The first-order valence-corrected chi connectivity index (χ1v) is 8.06. The maximum atomic E-state index is 12.3. The number of nitrogens with one attached hydrogen (secondary N) is 1. The molecule has 0 saturated heterocycles. The van der Waals surface area contributed by atoms with Gasteiger partial charge in [0, 0.05) is 23.1 Å². The number of benzene rings is 1. The molecule has 0 aliphatic rings. The summed E-state index contributed by atoms with van der Waals surface area (Å²) >= 11 is 0. The highest BCUT2D eigenvalue weighted by Gasteiger charge is 2.18. The molecule has 0 spiro atoms. The van der Waals surface area contributed by atoms with Gasteiger partial charge in [-0.25, -0.2) is 0 Å². The summed E-state index contributed by atoms with van der Waals surface area (Å²) in [4.78, 5) is 12.3. The first kappa shape index (κ1) is 17.3. The quantitative estimate of drug-likeness (QED) is 0.889. The van der Waals surface area contributed by atoms with Crippen LogP contribution in [0.15, 0.2) is 30.3 Å². The van der Waals surface area contributed by atoms with Crippen molar-refractivity contribution >= 4 is 5.91 Å². The number of amides is 1. The molecule has 1 aromatic carbocycles. The molecule has 0 saturated carbocycles. The van der Waals surface area contributed by atoms with Crippen molar-refractivity contribution in [1.29, 1.82) is 0 Å². The molecule has 0 aliphatic heterocycles. The Balaban J connectivity index is 2.35. The van der Waals surface area contributed by atoms with Gasteiger partial charge in [-0.05, 0) is 50.5 Å². The Morgan fingerprint density at radius 1 is 1.17 bits per heavy atom. The van der Waals surface area contributed by atoms with E-state index < -0.39 is 0 Å². The summed E-state index contributed by atoms with van der Waals surface area (Å²) in [6, 6.07) is 10.1. The van der Waals surface area contributed by atoms with E-state index in [-0.39, 0.29) is 18.6 Å². The molecule has 2 N–H and O–H groups in total. The number of nitrogens with zero attached hydrogens (tertiary/aromatic N) is 1. The fourth-order valence-corrected chi connectivity index (χ4v) is 2.75. The second-order valence-corrected chi connectivity index (χ2v) is 6.42. The number of carbonyl (C=O) groups is 1. The number of aromatic nitrogens is 1. The minimum Gasteiger partial charge on any atom is -0.394 e. The highest BCUT2D eigenvalue weighted by Crippen LogP contribution is 2.23. The monoisotopic (exact) mass is 314 g/mol. The van der Waals surface area contributed by atoms with Crippen molar-refractivity contribution in [3.05, 3.63) is 52.8 Å². The van der Waals surface area contributed by atoms with E-state index in [1.807, 2.05) is 19.9 Å². The summed E-state index contributed by atoms with van der Waals surface area (Å²) in [6.45, 7) is 10.00. The molecule has 0 fully saturated rings. The molecule has 1 aromatic heterocycles. The molecule has 0 aliphatic carbocycles. The molecule has 2 rings (SSSR count). The summed E-state index contributed by atoms with van der Waals surface area (Å²) in [5, 5.41) is 11.9. The average Bonchev–Trinajstić information content (AvgIpc) is 2.82. The van der Waals surface area contributed by atoms with Crippen molar-refractivity contribution in [2.45, 2.75) is 46.6 Å². The van der Waals surface area contributed by atoms with Crippen molar-refractivity contribution < 1.29 is 9.90 Å². The molecule has 0 bridgehead atoms. The van der Waals surface area contributed by atoms with Gasteiger partial charge >= 0.3 is 0 Å². The molecule has 4 nitrogen and oxygen atoms in total. The maximum absolute atomic E-state index is 12.3. The van der Waals surface area contributed by atoms with Crippen LogP contribution in [0.3, 0.4) is 0 Å². The van der Waals surface area contributed by atoms with E-state index in [1.54, 1.807) is 6.92 Å². The second-order valence-electron chi connectivity index (χ2n) is 6.42. The number of aryl methyl sites for hydroxylation is 1. The van der Waals surface area contributed by atoms with Crippen LogP contribution in [0.25, 0.3) is 5.69 Å². The summed E-state index contributed by atoms with van der Waals surface area (Å²) in [5.74, 6) is 0.349. The third-order valence-corrected chi connectivity index (χ3v) is 4.15. The van der Waals surface area contributed by atoms with Crippen LogP contribution in [0.1, 0.15) is 54.0 Å². The van der Waals surface area contributed by atoms with Crippen LogP contribution in [0.5, 0.6) is 0 Å². The molecular formula is C19H26N2O2. The molecule has 1 atom stereocenters. The van der Waals surface area contributed by atoms with Crippen LogP contribution in [-0.4, -0.2) is 28.2 Å². The molecular weight excluding hydrogens is 288 g/mol. The standard InChI is InChI=1S/C19H26N2O2/c1-12(2)16-6-8-17(9-7-16)21-14(4)10-18(15(21)5)19(23)20-13(3)11-22/h6-10,12-13,22H,11H2,1-5H3,(H,20,23)/t13-/m0/s1. The maximum Gasteiger partial charge on any atom is 0.253 e. The van der Waals surface area contributed by atoms with Crippen molar-refractivity contribution in [2.24, 2.45) is 0 Å². The Morgan fingerprint density at radius 3 is 2.30 bits per heavy atom. The normalized spacial score (nSPS) is 12.5. The summed E-state index contributed by atoms with van der Waals surface area (Å²) in [6.07, 6.45) is 0. The van der Waals surface area contributed by atoms with E-state index >= 15 is 0 Å². The van der Waals surface area contributed by atoms with Crippen LogP contribution in [-0.2, 0) is 0 Å². The van der Waals surface area contributed by atoms with Crippen molar-refractivity contribution in [1.82, 2.24) is 9.88 Å². The number of carbonyl (C=O) groups excluding carboxylic acids is 1. The van der Waals surface area contributed by atoms with Gasteiger partial charge in [0.15, 0.2) is 0 Å². The third kappa shape index (κ3) is 3.64. The minimum absolute atomic E-state index is 0.0683. The second kappa shape index (κ2) is 7.01. The zero-order valence-corrected chi connectivity index (χ0v) is 14.6. The van der Waals surface area contributed by atoms with Crippen LogP contribution >= 0.6 is 0 Å². The van der Waals surface area contributed by atoms with Crippen molar-refractivity contribution in [3.63, 3.8) is 0 Å². The van der Waals surface area contributed by atoms with E-state index in [1.165, 1.54) is 5.56 Å². The van der Waals surface area contributed by atoms with Gasteiger partial charge in [-0.3, -0.25) is 4.79 Å². The van der Waals surface area contributed by atoms with Gasteiger partial charge in [0.25, 0.3) is 5.91 Å². The first-order valence-electron chi connectivity index (χ1n) is 8.06. The van der Waals surface area contributed by atoms with E-state index in [0.29, 0.717) is 11.5 Å². The van der Waals surface area contributed by atoms with Gasteiger partial charge in [0.05, 0.1) is 12.2 Å². The average molecular weight is 314 g/mol. The smallest absolute Gasteiger partial charge is 0.253 e. The molecule has 124 valence electrons. The van der Waals surface area contributed by atoms with Gasteiger partial charge < -0.3 is 15.0 Å². The highest BCUT2D eigenvalue weighted by molar-refractivity contribution is 5.96. The fraction of sp³-hybridized carbons (Fsp3) is 0.421. The van der Waals surface area contributed by atoms with E-state index in [4.69, 9.17) is 5.11 Å². The molecule has 0 unspecified atom stereocenters. The van der Waals surface area contributed by atoms with Crippen LogP contribution in [0, 0.1) is 13.8 Å². The largest absolute Gasteiger partial charge is 0.394 e. The number of rotatable bonds is 5. The molecule has 2 aromatic rings. The van der Waals surface area contributed by atoms with Crippen LogP contribution < -0.4 is 5.32 Å². The SMILES string of the molecule is Cc1cc(C(=O)N[C@@H](C)CO)c(C)n1-c1ccc(C(C)C)cc1. The Bertz CT molecular complexity index is 684. The van der Waals surface area contributed by atoms with Crippen LogP contribution in [0.4, 0.5) is 0 Å². The molecule has 4 heteroatoms. The Kier molecular flexibility index (Phi) is 5.26. The zero-order valence-electron chi connectivity index (χ0n) is 14.6. The van der Waals surface area contributed by atoms with E-state index in [9.17, 15) is 4.79 Å². The van der Waals surface area contributed by atoms with Crippen molar-refractivity contribution in [2.75, 3.05) is 6.61 Å². The molecule has 23 heavy (non-hydrogen) atoms. The minimum atomic E-state index is -0.254. The lowest BCUT2D eigenvalue weighted by molar-refractivity contribution is 0.0921. The summed E-state index contributed by atoms with van der Waals surface area (Å²) in [7, 11) is 0. The Labute approximate surface area is 138 Å². The summed E-state index contributed by atoms with van der Waals surface area (Å²) < 4.78 is 2.09. The van der Waals surface area contributed by atoms with Crippen molar-refractivity contribution in [3.8, 4) is 5.69 Å². The van der Waals surface area contributed by atoms with Gasteiger partial charge in [-0.15, -0.1) is 0 Å². The third-order valence-electron chi connectivity index (χ3n) is 4.15. The highest BCUT2D eigenvalue weighted by atomic mass is 16.3. The Morgan fingerprint density at radius 2 is 1.78 bits per heavy atom. The number of hydrogen-bond donors (Lipinski definition) is 2. The lowest BCUT2D eigenvalue weighted by atomic mass is 10.0. The van der Waals surface area contributed by atoms with E-state index in [2.05, 4.69) is 48.0 Å². The first-order chi connectivity index (χ1) is 10.8. The number of hydrogen-bond acceptors (Lipinski definition) is 2. The van der Waals surface area contributed by atoms with Crippen LogP contribution in [0.2, 0.25) is 0 Å². The molecule has 0 radical (unpaired) electrons. The number of aliphatic hydroxyl groups is 1. The zero-order chi connectivity index (χ0) is 17.1. The number of aliphatic hydroxyl groups excluding tert-OH is 1. The lowest BCUT2D eigenvalue weighted by Gasteiger charge is -2.13. The van der Waals surface area contributed by atoms with Gasteiger partial charge in [-0.2, -0.15) is 0 Å². The van der Waals surface area contributed by atoms with Gasteiger partial charge in [0.1, 0.15) is 0 Å². The predicted molar refractivity (Wildman–Crippen MR) is 93.3 cm³/mol. The van der Waals surface area contributed by atoms with Gasteiger partial charge in [0.2, 0.25) is 0 Å². The van der Waals surface area contributed by atoms with Gasteiger partial charge in [-0.1, -0.05) is 26.0 Å². The van der Waals surface area contributed by atoms with E-state index in [0.717, 1.165) is 17.1 Å². The fourth-order valence-electron chi connectivity index (χ4n) is 2.75. The predicted octanol–water partition coefficient (Wildman–Crippen LogP) is 3.33. The lowest BCUT2D eigenvalue weighted by Crippen LogP contribution is -2.35. The molecule has 1 heterocycles. The summed E-state index contributed by atoms with van der Waals surface area (Å²) in [5.41, 5.74) is 4.92. The Hall–Kier alpha value is -2.07.